The van der Waals surface area contributed by atoms with E-state index in [-0.39, 0.29) is 18.1 Å². The number of thiophene rings is 1. The molecule has 126 valence electrons. The third-order valence-electron chi connectivity index (χ3n) is 3.09. The van der Waals surface area contributed by atoms with Crippen molar-refractivity contribution in [3.05, 3.63) is 46.8 Å². The molecule has 0 atom stereocenters. The molecular weight excluding hydrogens is 328 g/mol. The minimum absolute atomic E-state index is 0.213. The maximum absolute atomic E-state index is 12.0. The van der Waals surface area contributed by atoms with E-state index in [9.17, 15) is 9.59 Å². The van der Waals surface area contributed by atoms with Crippen molar-refractivity contribution in [3.8, 4) is 11.5 Å². The molecule has 0 bridgehead atoms. The molecule has 3 N–H and O–H groups in total. The fraction of sp³-hybridized carbons (Fsp3) is 0.176. The summed E-state index contributed by atoms with van der Waals surface area (Å²) < 4.78 is 10.8. The van der Waals surface area contributed by atoms with E-state index in [0.29, 0.717) is 16.5 Å². The Bertz CT molecular complexity index is 768. The van der Waals surface area contributed by atoms with E-state index in [1.165, 1.54) is 18.4 Å². The van der Waals surface area contributed by atoms with Crippen molar-refractivity contribution >= 4 is 34.2 Å². The van der Waals surface area contributed by atoms with Gasteiger partial charge in [0, 0.05) is 0 Å². The summed E-state index contributed by atoms with van der Waals surface area (Å²) in [6.07, 6.45) is 3.85. The number of carbonyl (C=O) groups excluding carboxylic acids is 2. The van der Waals surface area contributed by atoms with Gasteiger partial charge in [0.25, 0.3) is 11.8 Å². The number of ether oxygens (including phenoxy) is 2. The summed E-state index contributed by atoms with van der Waals surface area (Å²) in [4.78, 5) is 23.2. The largest absolute Gasteiger partial charge is 0.493 e. The molecule has 0 unspecified atom stereocenters. The highest BCUT2D eigenvalue weighted by atomic mass is 32.1. The summed E-state index contributed by atoms with van der Waals surface area (Å²) in [6, 6.07) is 6.98. The zero-order chi connectivity index (χ0) is 17.5. The van der Waals surface area contributed by atoms with Crippen LogP contribution in [-0.2, 0) is 4.79 Å². The van der Waals surface area contributed by atoms with E-state index in [1.54, 1.807) is 17.5 Å². The first-order valence-electron chi connectivity index (χ1n) is 7.15. The second-order valence-electron chi connectivity index (χ2n) is 4.77. The lowest BCUT2D eigenvalue weighted by atomic mass is 10.2. The lowest BCUT2D eigenvalue weighted by molar-refractivity contribution is -0.118. The lowest BCUT2D eigenvalue weighted by Gasteiger charge is -2.11. The molecule has 0 saturated heterocycles. The van der Waals surface area contributed by atoms with Gasteiger partial charge in [-0.1, -0.05) is 18.2 Å². The number of anilines is 1. The second kappa shape index (κ2) is 8.16. The van der Waals surface area contributed by atoms with Crippen LogP contribution in [0.25, 0.3) is 6.08 Å². The van der Waals surface area contributed by atoms with Crippen LogP contribution in [0, 0.1) is 0 Å². The van der Waals surface area contributed by atoms with Crippen molar-refractivity contribution in [2.24, 2.45) is 5.73 Å². The van der Waals surface area contributed by atoms with Crippen LogP contribution in [0.5, 0.6) is 11.5 Å². The van der Waals surface area contributed by atoms with E-state index in [1.807, 2.05) is 31.2 Å². The van der Waals surface area contributed by atoms with E-state index in [2.05, 4.69) is 5.32 Å². The molecule has 2 amide bonds. The third-order valence-corrected chi connectivity index (χ3v) is 3.92. The average Bonchev–Trinajstić information content (AvgIpc) is 3.02. The number of amides is 2. The summed E-state index contributed by atoms with van der Waals surface area (Å²) >= 11 is 1.22. The average molecular weight is 346 g/mol. The van der Waals surface area contributed by atoms with Gasteiger partial charge >= 0.3 is 0 Å². The summed E-state index contributed by atoms with van der Waals surface area (Å²) in [5.74, 6) is 0.0165. The number of hydrogen-bond donors (Lipinski definition) is 2. The second-order valence-corrected chi connectivity index (χ2v) is 5.69. The van der Waals surface area contributed by atoms with Gasteiger partial charge in [-0.15, -0.1) is 11.3 Å². The first-order chi connectivity index (χ1) is 11.5. The fourth-order valence-electron chi connectivity index (χ4n) is 2.01. The molecule has 6 nitrogen and oxygen atoms in total. The standard InChI is InChI=1S/C17H18N2O4S/c1-3-4-11-5-6-13(14(9-11)22-2)23-10-15(20)19-17-12(16(18)21)7-8-24-17/h3-9H,10H2,1-2H3,(H2,18,21)(H,19,20). The van der Waals surface area contributed by atoms with Gasteiger partial charge in [-0.05, 0) is 36.1 Å². The Kier molecular flexibility index (Phi) is 5.97. The van der Waals surface area contributed by atoms with Crippen molar-refractivity contribution in [2.75, 3.05) is 19.0 Å². The van der Waals surface area contributed by atoms with Crippen molar-refractivity contribution in [3.63, 3.8) is 0 Å². The van der Waals surface area contributed by atoms with Gasteiger partial charge in [-0.25, -0.2) is 0 Å². The topological polar surface area (TPSA) is 90.6 Å². The lowest BCUT2D eigenvalue weighted by Crippen LogP contribution is -2.22. The number of carbonyl (C=O) groups is 2. The minimum Gasteiger partial charge on any atom is -0.493 e. The highest BCUT2D eigenvalue weighted by Gasteiger charge is 2.13. The van der Waals surface area contributed by atoms with Crippen molar-refractivity contribution < 1.29 is 19.1 Å². The number of hydrogen-bond acceptors (Lipinski definition) is 5. The van der Waals surface area contributed by atoms with Crippen LogP contribution in [0.4, 0.5) is 5.00 Å². The van der Waals surface area contributed by atoms with Gasteiger partial charge in [0.1, 0.15) is 5.00 Å². The molecule has 7 heteroatoms. The summed E-state index contributed by atoms with van der Waals surface area (Å²) in [5.41, 5.74) is 6.49. The van der Waals surface area contributed by atoms with E-state index in [4.69, 9.17) is 15.2 Å². The molecule has 2 rings (SSSR count). The first-order valence-corrected chi connectivity index (χ1v) is 8.03. The predicted octanol–water partition coefficient (Wildman–Crippen LogP) is 2.91. The highest BCUT2D eigenvalue weighted by Crippen LogP contribution is 2.29. The molecule has 0 aliphatic carbocycles. The smallest absolute Gasteiger partial charge is 0.262 e. The maximum Gasteiger partial charge on any atom is 0.262 e. The predicted molar refractivity (Wildman–Crippen MR) is 94.7 cm³/mol. The highest BCUT2D eigenvalue weighted by molar-refractivity contribution is 7.14. The van der Waals surface area contributed by atoms with Crippen LogP contribution in [0.1, 0.15) is 22.8 Å². The minimum atomic E-state index is -0.589. The van der Waals surface area contributed by atoms with Gasteiger partial charge in [-0.3, -0.25) is 9.59 Å². The fourth-order valence-corrected chi connectivity index (χ4v) is 2.81. The monoisotopic (exact) mass is 346 g/mol. The van der Waals surface area contributed by atoms with Crippen molar-refractivity contribution in [1.29, 1.82) is 0 Å². The van der Waals surface area contributed by atoms with E-state index < -0.39 is 5.91 Å². The van der Waals surface area contributed by atoms with Crippen molar-refractivity contribution in [1.82, 2.24) is 0 Å². The number of allylic oxidation sites excluding steroid dienone is 1. The Morgan fingerprint density at radius 3 is 2.75 bits per heavy atom. The van der Waals surface area contributed by atoms with Crippen molar-refractivity contribution in [2.45, 2.75) is 6.92 Å². The zero-order valence-electron chi connectivity index (χ0n) is 13.4. The van der Waals surface area contributed by atoms with Crippen LogP contribution in [0.15, 0.2) is 35.7 Å². The Balaban J connectivity index is 2.01. The summed E-state index contributed by atoms with van der Waals surface area (Å²) in [5, 5.41) is 4.70. The quantitative estimate of drug-likeness (QED) is 0.806. The molecule has 0 fully saturated rings. The number of rotatable bonds is 7. The van der Waals surface area contributed by atoms with Gasteiger partial charge < -0.3 is 20.5 Å². The van der Waals surface area contributed by atoms with E-state index in [0.717, 1.165) is 5.56 Å². The number of benzene rings is 1. The molecular formula is C17H18N2O4S. The van der Waals surface area contributed by atoms with Gasteiger partial charge in [0.15, 0.2) is 18.1 Å². The Hall–Kier alpha value is -2.80. The molecule has 1 aromatic heterocycles. The Labute approximate surface area is 143 Å². The molecule has 0 aliphatic heterocycles. The maximum atomic E-state index is 12.0. The molecule has 0 spiro atoms. The Morgan fingerprint density at radius 2 is 2.08 bits per heavy atom. The van der Waals surface area contributed by atoms with Crippen LogP contribution in [0.3, 0.4) is 0 Å². The number of nitrogens with two attached hydrogens (primary N) is 1. The van der Waals surface area contributed by atoms with Gasteiger partial charge in [-0.2, -0.15) is 0 Å². The van der Waals surface area contributed by atoms with Gasteiger partial charge in [0.05, 0.1) is 12.7 Å². The van der Waals surface area contributed by atoms with Crippen LogP contribution >= 0.6 is 11.3 Å². The zero-order valence-corrected chi connectivity index (χ0v) is 14.2. The Morgan fingerprint density at radius 1 is 1.29 bits per heavy atom. The molecule has 1 heterocycles. The molecule has 0 saturated carbocycles. The molecule has 0 aliphatic rings. The molecule has 24 heavy (non-hydrogen) atoms. The summed E-state index contributed by atoms with van der Waals surface area (Å²) in [6.45, 7) is 1.71. The first kappa shape index (κ1) is 17.6. The van der Waals surface area contributed by atoms with Crippen LogP contribution < -0.4 is 20.5 Å². The molecule has 0 radical (unpaired) electrons. The number of primary amides is 1. The number of methoxy groups -OCH3 is 1. The SMILES string of the molecule is CC=Cc1ccc(OCC(=O)Nc2sccc2C(N)=O)c(OC)c1. The third kappa shape index (κ3) is 4.36. The van der Waals surface area contributed by atoms with Crippen LogP contribution in [-0.4, -0.2) is 25.5 Å². The van der Waals surface area contributed by atoms with E-state index >= 15 is 0 Å². The molecule has 2 aromatic rings. The van der Waals surface area contributed by atoms with Crippen LogP contribution in [0.2, 0.25) is 0 Å². The molecule has 1 aromatic carbocycles. The summed E-state index contributed by atoms with van der Waals surface area (Å²) in [7, 11) is 1.53. The normalized spacial score (nSPS) is 10.6. The number of nitrogens with one attached hydrogen (secondary N) is 1. The van der Waals surface area contributed by atoms with Gasteiger partial charge in [0.2, 0.25) is 0 Å².